The van der Waals surface area contributed by atoms with Crippen molar-refractivity contribution >= 4 is 11.7 Å². The van der Waals surface area contributed by atoms with Crippen LogP contribution in [0.3, 0.4) is 0 Å². The predicted molar refractivity (Wildman–Crippen MR) is 93.8 cm³/mol. The molecule has 2 aromatic carbocycles. The van der Waals surface area contributed by atoms with Gasteiger partial charge in [0.05, 0.1) is 0 Å². The molecular formula is C19H16F2N4O2. The van der Waals surface area contributed by atoms with E-state index in [1.807, 2.05) is 0 Å². The fourth-order valence-corrected chi connectivity index (χ4v) is 3.14. The van der Waals surface area contributed by atoms with Crippen molar-refractivity contribution in [1.29, 1.82) is 0 Å². The van der Waals surface area contributed by atoms with Crippen molar-refractivity contribution in [3.05, 3.63) is 66.1 Å². The highest BCUT2D eigenvalue weighted by Crippen LogP contribution is 2.32. The normalized spacial score (nSPS) is 16.5. The monoisotopic (exact) mass is 370 g/mol. The number of halogens is 2. The van der Waals surface area contributed by atoms with Crippen molar-refractivity contribution in [1.82, 2.24) is 15.0 Å². The summed E-state index contributed by atoms with van der Waals surface area (Å²) in [5.41, 5.74) is 0.871. The third-order valence-corrected chi connectivity index (χ3v) is 4.40. The largest absolute Gasteiger partial charge is 0.337 e. The minimum Gasteiger partial charge on any atom is -0.337 e. The molecule has 0 aliphatic carbocycles. The van der Waals surface area contributed by atoms with E-state index in [9.17, 15) is 13.6 Å². The maximum atomic E-state index is 13.4. The fraction of sp³-hybridized carbons (Fsp3) is 0.211. The van der Waals surface area contributed by atoms with Crippen molar-refractivity contribution in [3.8, 4) is 11.4 Å². The summed E-state index contributed by atoms with van der Waals surface area (Å²) in [5, 5.41) is 6.58. The van der Waals surface area contributed by atoms with Crippen LogP contribution >= 0.6 is 0 Å². The van der Waals surface area contributed by atoms with Gasteiger partial charge >= 0.3 is 6.03 Å². The highest BCUT2D eigenvalue weighted by Gasteiger charge is 2.34. The molecule has 1 aliphatic rings. The zero-order valence-corrected chi connectivity index (χ0v) is 14.2. The van der Waals surface area contributed by atoms with Crippen LogP contribution in [-0.2, 0) is 0 Å². The highest BCUT2D eigenvalue weighted by atomic mass is 19.1. The van der Waals surface area contributed by atoms with Gasteiger partial charge in [-0.1, -0.05) is 23.4 Å². The van der Waals surface area contributed by atoms with Gasteiger partial charge in [0.1, 0.15) is 17.7 Å². The average Bonchev–Trinajstić information content (AvgIpc) is 3.31. The number of nitrogens with one attached hydrogen (secondary N) is 1. The van der Waals surface area contributed by atoms with E-state index < -0.39 is 11.6 Å². The van der Waals surface area contributed by atoms with Gasteiger partial charge in [0.15, 0.2) is 0 Å². The lowest BCUT2D eigenvalue weighted by Crippen LogP contribution is -2.34. The second kappa shape index (κ2) is 7.14. The van der Waals surface area contributed by atoms with Crippen LogP contribution in [0.15, 0.2) is 53.1 Å². The molecule has 0 saturated carbocycles. The number of carbonyl (C=O) groups excluding carboxylic acids is 1. The Morgan fingerprint density at radius 3 is 2.70 bits per heavy atom. The van der Waals surface area contributed by atoms with E-state index in [0.29, 0.717) is 30.1 Å². The molecule has 1 N–H and O–H groups in total. The summed E-state index contributed by atoms with van der Waals surface area (Å²) in [4.78, 5) is 18.5. The summed E-state index contributed by atoms with van der Waals surface area (Å²) in [7, 11) is 0. The quantitative estimate of drug-likeness (QED) is 0.743. The number of urea groups is 1. The van der Waals surface area contributed by atoms with Crippen LogP contribution in [0.2, 0.25) is 0 Å². The highest BCUT2D eigenvalue weighted by molar-refractivity contribution is 5.89. The van der Waals surface area contributed by atoms with Gasteiger partial charge in [0, 0.05) is 17.8 Å². The van der Waals surface area contributed by atoms with Crippen molar-refractivity contribution in [2.24, 2.45) is 0 Å². The minimum atomic E-state index is -0.428. The Morgan fingerprint density at radius 2 is 1.93 bits per heavy atom. The lowest BCUT2D eigenvalue weighted by molar-refractivity contribution is 0.193. The summed E-state index contributed by atoms with van der Waals surface area (Å²) in [6.45, 7) is 0.517. The van der Waals surface area contributed by atoms with Crippen LogP contribution in [0.5, 0.6) is 0 Å². The Balaban J connectivity index is 1.52. The van der Waals surface area contributed by atoms with Gasteiger partial charge in [-0.25, -0.2) is 13.6 Å². The zero-order chi connectivity index (χ0) is 18.8. The number of rotatable bonds is 3. The van der Waals surface area contributed by atoms with Gasteiger partial charge < -0.3 is 14.7 Å². The first-order valence-corrected chi connectivity index (χ1v) is 8.53. The Bertz CT molecular complexity index is 976. The number of aromatic nitrogens is 2. The lowest BCUT2D eigenvalue weighted by atomic mass is 10.2. The molecule has 3 aromatic rings. The SMILES string of the molecule is O=C(Nc1cccc(F)c1)N1CCCC1c1nc(-c2cccc(F)c2)no1. The zero-order valence-electron chi connectivity index (χ0n) is 14.2. The number of amides is 2. The van der Waals surface area contributed by atoms with E-state index in [0.717, 1.165) is 6.42 Å². The van der Waals surface area contributed by atoms with Gasteiger partial charge in [-0.05, 0) is 43.2 Å². The molecule has 0 bridgehead atoms. The number of anilines is 1. The third kappa shape index (κ3) is 3.64. The van der Waals surface area contributed by atoms with E-state index in [1.54, 1.807) is 23.1 Å². The van der Waals surface area contributed by atoms with E-state index in [1.165, 1.54) is 30.3 Å². The molecule has 0 radical (unpaired) electrons. The molecule has 1 unspecified atom stereocenters. The number of likely N-dealkylation sites (tertiary alicyclic amines) is 1. The molecule has 2 heterocycles. The van der Waals surface area contributed by atoms with Crippen molar-refractivity contribution < 1.29 is 18.1 Å². The second-order valence-electron chi connectivity index (χ2n) is 6.26. The molecule has 1 fully saturated rings. The number of carbonyl (C=O) groups is 1. The van der Waals surface area contributed by atoms with Crippen LogP contribution < -0.4 is 5.32 Å². The summed E-state index contributed by atoms with van der Waals surface area (Å²) in [5.74, 6) is -0.263. The molecule has 2 amide bonds. The van der Waals surface area contributed by atoms with Crippen LogP contribution in [-0.4, -0.2) is 27.6 Å². The molecule has 1 aromatic heterocycles. The first kappa shape index (κ1) is 17.1. The van der Waals surface area contributed by atoms with E-state index >= 15 is 0 Å². The first-order valence-electron chi connectivity index (χ1n) is 8.53. The standard InChI is InChI=1S/C19H16F2N4O2/c20-13-5-1-4-12(10-13)17-23-18(27-24-17)16-8-3-9-25(16)19(26)22-15-7-2-6-14(21)11-15/h1-2,4-7,10-11,16H,3,8-9H2,(H,22,26). The average molecular weight is 370 g/mol. The molecule has 138 valence electrons. The Labute approximate surface area is 153 Å². The molecule has 1 aliphatic heterocycles. The molecule has 4 rings (SSSR count). The molecule has 6 nitrogen and oxygen atoms in total. The number of hydrogen-bond donors (Lipinski definition) is 1. The fourth-order valence-electron chi connectivity index (χ4n) is 3.14. The third-order valence-electron chi connectivity index (χ3n) is 4.40. The molecule has 0 spiro atoms. The first-order chi connectivity index (χ1) is 13.1. The Kier molecular flexibility index (Phi) is 4.53. The van der Waals surface area contributed by atoms with E-state index in [-0.39, 0.29) is 17.9 Å². The number of nitrogens with zero attached hydrogens (tertiary/aromatic N) is 3. The number of hydrogen-bond acceptors (Lipinski definition) is 4. The van der Waals surface area contributed by atoms with Crippen LogP contribution in [0.25, 0.3) is 11.4 Å². The van der Waals surface area contributed by atoms with Crippen molar-refractivity contribution in [2.75, 3.05) is 11.9 Å². The van der Waals surface area contributed by atoms with Crippen LogP contribution in [0, 0.1) is 11.6 Å². The summed E-state index contributed by atoms with van der Waals surface area (Å²) < 4.78 is 32.0. The van der Waals surface area contributed by atoms with Gasteiger partial charge in [-0.3, -0.25) is 0 Å². The lowest BCUT2D eigenvalue weighted by Gasteiger charge is -2.22. The topological polar surface area (TPSA) is 71.3 Å². The van der Waals surface area contributed by atoms with Crippen LogP contribution in [0.1, 0.15) is 24.8 Å². The molecule has 27 heavy (non-hydrogen) atoms. The predicted octanol–water partition coefficient (Wildman–Crippen LogP) is 4.38. The van der Waals surface area contributed by atoms with E-state index in [2.05, 4.69) is 15.5 Å². The maximum absolute atomic E-state index is 13.4. The molecule has 8 heteroatoms. The van der Waals surface area contributed by atoms with Gasteiger partial charge in [-0.2, -0.15) is 4.98 Å². The van der Waals surface area contributed by atoms with Crippen molar-refractivity contribution in [2.45, 2.75) is 18.9 Å². The van der Waals surface area contributed by atoms with Crippen LogP contribution in [0.4, 0.5) is 19.3 Å². The number of benzene rings is 2. The molecule has 1 saturated heterocycles. The smallest absolute Gasteiger partial charge is 0.322 e. The second-order valence-corrected chi connectivity index (χ2v) is 6.26. The van der Waals surface area contributed by atoms with Gasteiger partial charge in [-0.15, -0.1) is 0 Å². The maximum Gasteiger partial charge on any atom is 0.322 e. The van der Waals surface area contributed by atoms with Gasteiger partial charge in [0.25, 0.3) is 0 Å². The molecule has 1 atom stereocenters. The van der Waals surface area contributed by atoms with Crippen molar-refractivity contribution in [3.63, 3.8) is 0 Å². The summed E-state index contributed by atoms with van der Waals surface area (Å²) in [6.07, 6.45) is 1.44. The summed E-state index contributed by atoms with van der Waals surface area (Å²) in [6, 6.07) is 10.8. The Morgan fingerprint density at radius 1 is 1.15 bits per heavy atom. The molecular weight excluding hydrogens is 354 g/mol. The van der Waals surface area contributed by atoms with E-state index in [4.69, 9.17) is 4.52 Å². The minimum absolute atomic E-state index is 0.266. The van der Waals surface area contributed by atoms with Gasteiger partial charge in [0.2, 0.25) is 11.7 Å². The Hall–Kier alpha value is -3.29. The summed E-state index contributed by atoms with van der Waals surface area (Å²) >= 11 is 0.